The third-order valence-corrected chi connectivity index (χ3v) is 3.02. The zero-order valence-electron chi connectivity index (χ0n) is 12.6. The van der Waals surface area contributed by atoms with E-state index in [9.17, 15) is 14.4 Å². The van der Waals surface area contributed by atoms with Gasteiger partial charge in [0.05, 0.1) is 33.5 Å². The molecular formula is C13H24N2O7. The third kappa shape index (κ3) is 7.91. The Labute approximate surface area is 128 Å². The van der Waals surface area contributed by atoms with Crippen LogP contribution in [0.3, 0.4) is 0 Å². The van der Waals surface area contributed by atoms with Crippen LogP contribution in [0.25, 0.3) is 0 Å². The lowest BCUT2D eigenvalue weighted by Crippen LogP contribution is -2.58. The second-order valence-corrected chi connectivity index (χ2v) is 4.86. The molecule has 0 rings (SSSR count). The number of carbonyl (C=O) groups excluding carboxylic acids is 3. The van der Waals surface area contributed by atoms with Gasteiger partial charge < -0.3 is 30.7 Å². The van der Waals surface area contributed by atoms with Crippen LogP contribution in [0.1, 0.15) is 25.7 Å². The van der Waals surface area contributed by atoms with E-state index < -0.39 is 31.3 Å². The van der Waals surface area contributed by atoms with Crippen molar-refractivity contribution in [3.8, 4) is 0 Å². The fourth-order valence-electron chi connectivity index (χ4n) is 1.53. The maximum Gasteiger partial charge on any atom is 0.305 e. The molecular weight excluding hydrogens is 296 g/mol. The van der Waals surface area contributed by atoms with Crippen molar-refractivity contribution in [1.29, 1.82) is 0 Å². The van der Waals surface area contributed by atoms with Gasteiger partial charge in [-0.25, -0.2) is 0 Å². The van der Waals surface area contributed by atoms with Crippen LogP contribution in [0.5, 0.6) is 0 Å². The SMILES string of the molecule is COC(=O)CCCCC(=O)NCC(=O)NC(CO)(CO)CO. The average molecular weight is 320 g/mol. The summed E-state index contributed by atoms with van der Waals surface area (Å²) in [7, 11) is 1.29. The van der Waals surface area contributed by atoms with Crippen molar-refractivity contribution < 1.29 is 34.4 Å². The number of hydrogen-bond donors (Lipinski definition) is 5. The van der Waals surface area contributed by atoms with E-state index >= 15 is 0 Å². The van der Waals surface area contributed by atoms with E-state index in [1.807, 2.05) is 0 Å². The third-order valence-electron chi connectivity index (χ3n) is 3.02. The van der Waals surface area contributed by atoms with Crippen molar-refractivity contribution in [1.82, 2.24) is 10.6 Å². The lowest BCUT2D eigenvalue weighted by Gasteiger charge is -2.28. The average Bonchev–Trinajstić information content (AvgIpc) is 2.54. The minimum atomic E-state index is -1.51. The van der Waals surface area contributed by atoms with Crippen LogP contribution in [0.4, 0.5) is 0 Å². The van der Waals surface area contributed by atoms with Gasteiger partial charge in [-0.15, -0.1) is 0 Å². The number of unbranched alkanes of at least 4 members (excludes halogenated alkanes) is 1. The Morgan fingerprint density at radius 3 is 2.00 bits per heavy atom. The summed E-state index contributed by atoms with van der Waals surface area (Å²) in [5.41, 5.74) is -1.51. The van der Waals surface area contributed by atoms with Gasteiger partial charge >= 0.3 is 5.97 Å². The second kappa shape index (κ2) is 10.9. The molecule has 0 aromatic rings. The van der Waals surface area contributed by atoms with Crippen molar-refractivity contribution in [2.24, 2.45) is 0 Å². The van der Waals surface area contributed by atoms with Crippen molar-refractivity contribution in [3.05, 3.63) is 0 Å². The van der Waals surface area contributed by atoms with Crippen molar-refractivity contribution in [2.75, 3.05) is 33.5 Å². The highest BCUT2D eigenvalue weighted by atomic mass is 16.5. The summed E-state index contributed by atoms with van der Waals surface area (Å²) in [6.07, 6.45) is 1.39. The lowest BCUT2D eigenvalue weighted by atomic mass is 10.0. The Bertz CT molecular complexity index is 361. The summed E-state index contributed by atoms with van der Waals surface area (Å²) in [5.74, 6) is -1.34. The first-order valence-electron chi connectivity index (χ1n) is 6.90. The maximum atomic E-state index is 11.6. The van der Waals surface area contributed by atoms with E-state index in [0.717, 1.165) is 0 Å². The molecule has 0 unspecified atom stereocenters. The van der Waals surface area contributed by atoms with Crippen molar-refractivity contribution >= 4 is 17.8 Å². The van der Waals surface area contributed by atoms with Gasteiger partial charge in [-0.05, 0) is 12.8 Å². The number of aliphatic hydroxyl groups is 3. The number of carbonyl (C=O) groups is 3. The van der Waals surface area contributed by atoms with Crippen molar-refractivity contribution in [2.45, 2.75) is 31.2 Å². The number of esters is 1. The standard InChI is InChI=1S/C13H24N2O7/c1-22-12(21)5-3-2-4-10(19)14-6-11(20)15-13(7-16,8-17)9-18/h16-18H,2-9H2,1H3,(H,14,19)(H,15,20). The first-order chi connectivity index (χ1) is 10.4. The number of hydrogen-bond acceptors (Lipinski definition) is 7. The Morgan fingerprint density at radius 2 is 1.50 bits per heavy atom. The Hall–Kier alpha value is -1.71. The molecule has 0 aliphatic heterocycles. The number of methoxy groups -OCH3 is 1. The highest BCUT2D eigenvalue weighted by Crippen LogP contribution is 2.02. The first kappa shape index (κ1) is 20.3. The van der Waals surface area contributed by atoms with E-state index in [-0.39, 0.29) is 31.3 Å². The minimum Gasteiger partial charge on any atom is -0.469 e. The predicted octanol–water partition coefficient (Wildman–Crippen LogP) is -2.33. The molecule has 0 saturated carbocycles. The molecule has 0 aromatic heterocycles. The molecule has 0 atom stereocenters. The second-order valence-electron chi connectivity index (χ2n) is 4.86. The van der Waals surface area contributed by atoms with Gasteiger partial charge in [0.2, 0.25) is 11.8 Å². The van der Waals surface area contributed by atoms with Crippen molar-refractivity contribution in [3.63, 3.8) is 0 Å². The van der Waals surface area contributed by atoms with Gasteiger partial charge in [0, 0.05) is 12.8 Å². The molecule has 0 aromatic carbocycles. The fourth-order valence-corrected chi connectivity index (χ4v) is 1.53. The number of nitrogens with one attached hydrogen (secondary N) is 2. The van der Waals surface area contributed by atoms with Gasteiger partial charge in [-0.1, -0.05) is 0 Å². The molecule has 2 amide bonds. The zero-order valence-corrected chi connectivity index (χ0v) is 12.6. The van der Waals surface area contributed by atoms with Crippen LogP contribution in [-0.2, 0) is 19.1 Å². The maximum absolute atomic E-state index is 11.6. The van der Waals surface area contributed by atoms with Gasteiger partial charge in [-0.3, -0.25) is 14.4 Å². The lowest BCUT2D eigenvalue weighted by molar-refractivity contribution is -0.140. The Morgan fingerprint density at radius 1 is 0.955 bits per heavy atom. The zero-order chi connectivity index (χ0) is 17.0. The van der Waals surface area contributed by atoms with Crippen LogP contribution in [0, 0.1) is 0 Å². The molecule has 9 heteroatoms. The normalized spacial score (nSPS) is 10.9. The molecule has 0 aliphatic rings. The van der Waals surface area contributed by atoms with E-state index in [4.69, 9.17) is 15.3 Å². The predicted molar refractivity (Wildman–Crippen MR) is 75.6 cm³/mol. The van der Waals surface area contributed by atoms with E-state index in [1.54, 1.807) is 0 Å². The molecule has 0 heterocycles. The molecule has 5 N–H and O–H groups in total. The molecule has 0 fully saturated rings. The summed E-state index contributed by atoms with van der Waals surface area (Å²) >= 11 is 0. The Kier molecular flexibility index (Phi) is 10.1. The summed E-state index contributed by atoms with van der Waals surface area (Å²) in [4.78, 5) is 33.9. The van der Waals surface area contributed by atoms with Crippen LogP contribution in [-0.4, -0.2) is 72.1 Å². The number of rotatable bonds is 11. The van der Waals surface area contributed by atoms with Gasteiger partial charge in [0.1, 0.15) is 5.54 Å². The summed E-state index contributed by atoms with van der Waals surface area (Å²) in [6.45, 7) is -2.23. The molecule has 128 valence electrons. The number of ether oxygens (including phenoxy) is 1. The molecule has 0 spiro atoms. The highest BCUT2D eigenvalue weighted by Gasteiger charge is 2.29. The van der Waals surface area contributed by atoms with Crippen LogP contribution >= 0.6 is 0 Å². The topological polar surface area (TPSA) is 145 Å². The van der Waals surface area contributed by atoms with Crippen LogP contribution < -0.4 is 10.6 Å². The molecule has 0 aliphatic carbocycles. The quantitative estimate of drug-likeness (QED) is 0.212. The largest absolute Gasteiger partial charge is 0.469 e. The molecule has 0 saturated heterocycles. The summed E-state index contributed by atoms with van der Waals surface area (Å²) < 4.78 is 4.46. The fraction of sp³-hybridized carbons (Fsp3) is 0.769. The number of amides is 2. The first-order valence-corrected chi connectivity index (χ1v) is 6.90. The van der Waals surface area contributed by atoms with E-state index in [1.165, 1.54) is 7.11 Å². The smallest absolute Gasteiger partial charge is 0.305 e. The molecule has 0 radical (unpaired) electrons. The molecule has 0 bridgehead atoms. The van der Waals surface area contributed by atoms with Crippen LogP contribution in [0.15, 0.2) is 0 Å². The van der Waals surface area contributed by atoms with E-state index in [2.05, 4.69) is 15.4 Å². The van der Waals surface area contributed by atoms with Gasteiger partial charge in [-0.2, -0.15) is 0 Å². The minimum absolute atomic E-state index is 0.162. The summed E-state index contributed by atoms with van der Waals surface area (Å²) in [5, 5.41) is 31.8. The van der Waals surface area contributed by atoms with Gasteiger partial charge in [0.25, 0.3) is 0 Å². The Balaban J connectivity index is 3.95. The van der Waals surface area contributed by atoms with E-state index in [0.29, 0.717) is 12.8 Å². The van der Waals surface area contributed by atoms with Crippen LogP contribution in [0.2, 0.25) is 0 Å². The van der Waals surface area contributed by atoms with Gasteiger partial charge in [0.15, 0.2) is 0 Å². The highest BCUT2D eigenvalue weighted by molar-refractivity contribution is 5.85. The number of aliphatic hydroxyl groups excluding tert-OH is 3. The molecule has 22 heavy (non-hydrogen) atoms. The molecule has 9 nitrogen and oxygen atoms in total. The summed E-state index contributed by atoms with van der Waals surface area (Å²) in [6, 6.07) is 0. The monoisotopic (exact) mass is 320 g/mol.